The number of rotatable bonds is 3. The molecular weight excluding hydrogens is 250 g/mol. The van der Waals surface area contributed by atoms with Crippen LogP contribution in [0.2, 0.25) is 0 Å². The van der Waals surface area contributed by atoms with Crippen molar-refractivity contribution in [1.82, 2.24) is 4.57 Å². The van der Waals surface area contributed by atoms with Crippen LogP contribution in [0.15, 0.2) is 48.8 Å². The molecule has 2 aromatic rings. The van der Waals surface area contributed by atoms with E-state index in [9.17, 15) is 0 Å². The lowest BCUT2D eigenvalue weighted by atomic mass is 10.2. The van der Waals surface area contributed by atoms with Crippen LogP contribution in [0.3, 0.4) is 0 Å². The Hall–Kier alpha value is -1.10. The molecule has 1 aromatic carbocycles. The van der Waals surface area contributed by atoms with Gasteiger partial charge in [-0.2, -0.15) is 0 Å². The molecule has 0 atom stereocenters. The highest BCUT2D eigenvalue weighted by Gasteiger charge is 2.00. The molecule has 0 amide bonds. The summed E-state index contributed by atoms with van der Waals surface area (Å²) < 4.78 is 2.78. The normalized spacial score (nSPS) is 10.4. The van der Waals surface area contributed by atoms with Crippen molar-refractivity contribution in [3.63, 3.8) is 0 Å². The Bertz CT molecular complexity index is 477. The van der Waals surface area contributed by atoms with E-state index < -0.39 is 0 Å². The van der Waals surface area contributed by atoms with E-state index in [2.05, 4.69) is 0 Å². The average Bonchev–Trinajstić information content (AvgIpc) is 2.90. The monoisotopic (exact) mass is 263 g/mol. The molecule has 2 nitrogen and oxygen atoms in total. The van der Waals surface area contributed by atoms with Crippen LogP contribution in [0.1, 0.15) is 11.1 Å². The van der Waals surface area contributed by atoms with E-state index >= 15 is 0 Å². The number of aliphatic hydroxyl groups excluding tert-OH is 1. The van der Waals surface area contributed by atoms with E-state index in [0.717, 1.165) is 15.6 Å². The molecule has 0 fully saturated rings. The molecule has 0 aliphatic carbocycles. The van der Waals surface area contributed by atoms with Gasteiger partial charge < -0.3 is 9.67 Å². The predicted octanol–water partition coefficient (Wildman–Crippen LogP) is 3.05. The zero-order valence-electron chi connectivity index (χ0n) is 9.24. The molecule has 0 aliphatic heterocycles. The molecule has 88 valence electrons. The van der Waals surface area contributed by atoms with Crippen LogP contribution in [0.5, 0.6) is 0 Å². The second-order valence-electron chi connectivity index (χ2n) is 3.62. The molecule has 4 heteroatoms. The summed E-state index contributed by atoms with van der Waals surface area (Å²) in [4.78, 5) is 0. The van der Waals surface area contributed by atoms with Crippen LogP contribution in [0, 0.1) is 0 Å². The van der Waals surface area contributed by atoms with Crippen LogP contribution < -0.4 is 0 Å². The summed E-state index contributed by atoms with van der Waals surface area (Å²) in [5, 5.41) is 8.94. The Morgan fingerprint density at radius 1 is 1.12 bits per heavy atom. The highest BCUT2D eigenvalue weighted by atomic mass is 32.2. The molecule has 0 bridgehead atoms. The van der Waals surface area contributed by atoms with Crippen LogP contribution in [0.4, 0.5) is 0 Å². The maximum Gasteiger partial charge on any atom is 0.144 e. The van der Waals surface area contributed by atoms with Crippen LogP contribution in [0.25, 0.3) is 0 Å². The Morgan fingerprint density at radius 2 is 1.71 bits per heavy atom. The fourth-order valence-electron chi connectivity index (χ4n) is 1.42. The first-order chi connectivity index (χ1) is 8.29. The van der Waals surface area contributed by atoms with Gasteiger partial charge in [0.2, 0.25) is 0 Å². The van der Waals surface area contributed by atoms with Gasteiger partial charge in [-0.1, -0.05) is 48.2 Å². The van der Waals surface area contributed by atoms with Gasteiger partial charge in [-0.15, -0.1) is 0 Å². The maximum atomic E-state index is 8.94. The predicted molar refractivity (Wildman–Crippen MR) is 76.1 cm³/mol. The van der Waals surface area contributed by atoms with E-state index in [1.807, 2.05) is 53.4 Å². The SMILES string of the molecule is OCc1ccc(CSC(=S)n2cccc2)cc1. The van der Waals surface area contributed by atoms with E-state index in [4.69, 9.17) is 17.3 Å². The minimum Gasteiger partial charge on any atom is -0.392 e. The topological polar surface area (TPSA) is 25.2 Å². The highest BCUT2D eigenvalue weighted by Crippen LogP contribution is 2.16. The molecule has 0 radical (unpaired) electrons. The number of benzene rings is 1. The van der Waals surface area contributed by atoms with Crippen molar-refractivity contribution >= 4 is 28.3 Å². The molecular formula is C13H13NOS2. The Labute approximate surface area is 110 Å². The van der Waals surface area contributed by atoms with Gasteiger partial charge in [0.15, 0.2) is 0 Å². The fourth-order valence-corrected chi connectivity index (χ4v) is 2.47. The van der Waals surface area contributed by atoms with Crippen molar-refractivity contribution in [2.75, 3.05) is 0 Å². The van der Waals surface area contributed by atoms with Gasteiger partial charge in [0, 0.05) is 18.1 Å². The van der Waals surface area contributed by atoms with Crippen molar-refractivity contribution in [2.24, 2.45) is 0 Å². The van der Waals surface area contributed by atoms with Crippen LogP contribution >= 0.6 is 24.0 Å². The van der Waals surface area contributed by atoms with Gasteiger partial charge in [0.1, 0.15) is 4.32 Å². The first kappa shape index (κ1) is 12.4. The summed E-state index contributed by atoms with van der Waals surface area (Å²) in [5.74, 6) is 0.850. The van der Waals surface area contributed by atoms with E-state index in [0.29, 0.717) is 0 Å². The summed E-state index contributed by atoms with van der Waals surface area (Å²) in [6, 6.07) is 11.8. The van der Waals surface area contributed by atoms with Crippen molar-refractivity contribution in [1.29, 1.82) is 0 Å². The molecule has 17 heavy (non-hydrogen) atoms. The van der Waals surface area contributed by atoms with E-state index in [1.165, 1.54) is 5.56 Å². The third-order valence-corrected chi connectivity index (χ3v) is 3.88. The number of thiocarbonyl (C=S) groups is 1. The summed E-state index contributed by atoms with van der Waals surface area (Å²) in [6.45, 7) is 0.0925. The lowest BCUT2D eigenvalue weighted by Gasteiger charge is -2.05. The summed E-state index contributed by atoms with van der Waals surface area (Å²) in [5.41, 5.74) is 2.15. The number of nitrogens with zero attached hydrogens (tertiary/aromatic N) is 1. The highest BCUT2D eigenvalue weighted by molar-refractivity contribution is 8.22. The number of hydrogen-bond donors (Lipinski definition) is 1. The van der Waals surface area contributed by atoms with Gasteiger partial charge in [-0.05, 0) is 23.3 Å². The average molecular weight is 263 g/mol. The molecule has 1 N–H and O–H groups in total. The van der Waals surface area contributed by atoms with Crippen molar-refractivity contribution in [3.05, 3.63) is 59.9 Å². The van der Waals surface area contributed by atoms with Crippen molar-refractivity contribution in [2.45, 2.75) is 12.4 Å². The molecule has 0 spiro atoms. The molecule has 0 saturated heterocycles. The number of aromatic nitrogens is 1. The van der Waals surface area contributed by atoms with E-state index in [-0.39, 0.29) is 6.61 Å². The van der Waals surface area contributed by atoms with Crippen LogP contribution in [-0.2, 0) is 12.4 Å². The summed E-state index contributed by atoms with van der Waals surface area (Å²) in [7, 11) is 0. The van der Waals surface area contributed by atoms with E-state index in [1.54, 1.807) is 11.8 Å². The number of aliphatic hydroxyl groups is 1. The maximum absolute atomic E-state index is 8.94. The largest absolute Gasteiger partial charge is 0.392 e. The van der Waals surface area contributed by atoms with Gasteiger partial charge in [0.25, 0.3) is 0 Å². The molecule has 0 unspecified atom stereocenters. The first-order valence-electron chi connectivity index (χ1n) is 5.28. The van der Waals surface area contributed by atoms with Gasteiger partial charge in [-0.25, -0.2) is 0 Å². The Morgan fingerprint density at radius 3 is 2.29 bits per heavy atom. The van der Waals surface area contributed by atoms with Crippen LogP contribution in [-0.4, -0.2) is 14.0 Å². The quantitative estimate of drug-likeness (QED) is 0.862. The molecule has 0 saturated carbocycles. The second kappa shape index (κ2) is 6.00. The molecule has 0 aliphatic rings. The lowest BCUT2D eigenvalue weighted by Crippen LogP contribution is -2.01. The number of thioether (sulfide) groups is 1. The van der Waals surface area contributed by atoms with Gasteiger partial charge in [-0.3, -0.25) is 0 Å². The molecule has 1 aromatic heterocycles. The van der Waals surface area contributed by atoms with Gasteiger partial charge in [0.05, 0.1) is 6.61 Å². The zero-order chi connectivity index (χ0) is 12.1. The fraction of sp³-hybridized carbons (Fsp3) is 0.154. The minimum absolute atomic E-state index is 0.0925. The second-order valence-corrected chi connectivity index (χ2v) is 5.23. The Balaban J connectivity index is 1.91. The van der Waals surface area contributed by atoms with Gasteiger partial charge >= 0.3 is 0 Å². The first-order valence-corrected chi connectivity index (χ1v) is 6.68. The third kappa shape index (κ3) is 3.43. The third-order valence-electron chi connectivity index (χ3n) is 2.38. The summed E-state index contributed by atoms with van der Waals surface area (Å²) >= 11 is 6.94. The van der Waals surface area contributed by atoms with Crippen molar-refractivity contribution in [3.8, 4) is 0 Å². The number of hydrogen-bond acceptors (Lipinski definition) is 3. The Kier molecular flexibility index (Phi) is 4.36. The van der Waals surface area contributed by atoms with Crippen molar-refractivity contribution < 1.29 is 5.11 Å². The molecule has 2 rings (SSSR count). The smallest absolute Gasteiger partial charge is 0.144 e. The minimum atomic E-state index is 0.0925. The summed E-state index contributed by atoms with van der Waals surface area (Å²) in [6.07, 6.45) is 3.90. The molecule has 1 heterocycles. The standard InChI is InChI=1S/C13H13NOS2/c15-9-11-3-5-12(6-4-11)10-17-13(16)14-7-1-2-8-14/h1-8,15H,9-10H2. The lowest BCUT2D eigenvalue weighted by molar-refractivity contribution is 0.282. The zero-order valence-corrected chi connectivity index (χ0v) is 10.9.